The number of benzene rings is 8. The van der Waals surface area contributed by atoms with Crippen molar-refractivity contribution in [3.05, 3.63) is 182 Å². The minimum atomic E-state index is 0.876. The molecule has 0 fully saturated rings. The summed E-state index contributed by atoms with van der Waals surface area (Å²) in [5.41, 5.74) is 13.5. The van der Waals surface area contributed by atoms with Crippen LogP contribution in [-0.4, -0.2) is 9.13 Å². The van der Waals surface area contributed by atoms with E-state index >= 15 is 0 Å². The molecule has 3 aromatic heterocycles. The molecular formula is C48H30N2O. The van der Waals surface area contributed by atoms with Crippen LogP contribution < -0.4 is 0 Å². The molecule has 0 bridgehead atoms. The molecule has 238 valence electrons. The Labute approximate surface area is 293 Å². The molecule has 0 aliphatic rings. The molecule has 0 aliphatic carbocycles. The SMILES string of the molecule is c1ccc(-c2ccc(-n3c4ccccc4c4ccc5c6ccccc6n(-c6ccc7c(c6)oc6cccc(-c8ccccc8)c67)c5c43)cc2)cc1. The Morgan fingerprint density at radius 3 is 1.53 bits per heavy atom. The van der Waals surface area contributed by atoms with Crippen LogP contribution in [0.4, 0.5) is 0 Å². The number of furan rings is 1. The largest absolute Gasteiger partial charge is 0.456 e. The van der Waals surface area contributed by atoms with E-state index in [4.69, 9.17) is 4.42 Å². The zero-order chi connectivity index (χ0) is 33.5. The molecule has 3 heteroatoms. The van der Waals surface area contributed by atoms with E-state index in [1.54, 1.807) is 0 Å². The van der Waals surface area contributed by atoms with Crippen molar-refractivity contribution in [3.63, 3.8) is 0 Å². The van der Waals surface area contributed by atoms with Gasteiger partial charge in [-0.05, 0) is 64.7 Å². The molecule has 0 saturated carbocycles. The first-order valence-corrected chi connectivity index (χ1v) is 17.4. The molecular weight excluding hydrogens is 621 g/mol. The highest BCUT2D eigenvalue weighted by Gasteiger charge is 2.22. The van der Waals surface area contributed by atoms with E-state index in [2.05, 4.69) is 191 Å². The van der Waals surface area contributed by atoms with Crippen molar-refractivity contribution < 1.29 is 4.42 Å². The maximum absolute atomic E-state index is 6.64. The standard InChI is InChI=1S/C48H30N2O/c1-3-12-31(13-4-1)32-22-24-34(25-23-32)49-42-19-9-7-16-37(42)39-28-29-40-38-17-8-10-20-43(38)50(48(40)47(39)49)35-26-27-41-45(30-35)51-44-21-11-18-36(46(41)44)33-14-5-2-6-15-33/h1-30H. The zero-order valence-corrected chi connectivity index (χ0v) is 27.6. The second-order valence-corrected chi connectivity index (χ2v) is 13.3. The predicted molar refractivity (Wildman–Crippen MR) is 213 cm³/mol. The number of aromatic nitrogens is 2. The summed E-state index contributed by atoms with van der Waals surface area (Å²) in [6.45, 7) is 0. The van der Waals surface area contributed by atoms with E-state index in [0.717, 1.165) is 38.8 Å². The Balaban J connectivity index is 1.21. The first-order chi connectivity index (χ1) is 25.3. The first-order valence-electron chi connectivity index (χ1n) is 17.4. The Morgan fingerprint density at radius 1 is 0.333 bits per heavy atom. The van der Waals surface area contributed by atoms with Gasteiger partial charge in [-0.2, -0.15) is 0 Å². The van der Waals surface area contributed by atoms with Gasteiger partial charge < -0.3 is 13.6 Å². The van der Waals surface area contributed by atoms with Gasteiger partial charge in [0, 0.05) is 44.1 Å². The molecule has 3 nitrogen and oxygen atoms in total. The maximum atomic E-state index is 6.64. The molecule has 0 N–H and O–H groups in total. The summed E-state index contributed by atoms with van der Waals surface area (Å²) in [7, 11) is 0. The molecule has 3 heterocycles. The van der Waals surface area contributed by atoms with Crippen LogP contribution in [0, 0.1) is 0 Å². The number of para-hydroxylation sites is 2. The average molecular weight is 651 g/mol. The molecule has 11 rings (SSSR count). The van der Waals surface area contributed by atoms with E-state index in [1.165, 1.54) is 60.3 Å². The fourth-order valence-corrected chi connectivity index (χ4v) is 8.28. The summed E-state index contributed by atoms with van der Waals surface area (Å²) in [4.78, 5) is 0. The molecule has 0 unspecified atom stereocenters. The summed E-state index contributed by atoms with van der Waals surface area (Å²) in [6, 6.07) is 65.3. The van der Waals surface area contributed by atoms with Gasteiger partial charge in [-0.15, -0.1) is 0 Å². The highest BCUT2D eigenvalue weighted by Crippen LogP contribution is 2.43. The van der Waals surface area contributed by atoms with Crippen molar-refractivity contribution in [2.75, 3.05) is 0 Å². The van der Waals surface area contributed by atoms with E-state index in [-0.39, 0.29) is 0 Å². The predicted octanol–water partition coefficient (Wildman–Crippen LogP) is 13.1. The second kappa shape index (κ2) is 10.8. The third-order valence-corrected chi connectivity index (χ3v) is 10.5. The number of nitrogens with zero attached hydrogens (tertiary/aromatic N) is 2. The highest BCUT2D eigenvalue weighted by atomic mass is 16.3. The van der Waals surface area contributed by atoms with Gasteiger partial charge in [-0.1, -0.05) is 133 Å². The Kier molecular flexibility index (Phi) is 5.96. The van der Waals surface area contributed by atoms with Crippen molar-refractivity contribution in [1.82, 2.24) is 9.13 Å². The molecule has 11 aromatic rings. The van der Waals surface area contributed by atoms with E-state index < -0.39 is 0 Å². The maximum Gasteiger partial charge on any atom is 0.137 e. The molecule has 0 radical (unpaired) electrons. The Morgan fingerprint density at radius 2 is 0.863 bits per heavy atom. The molecule has 0 spiro atoms. The topological polar surface area (TPSA) is 23.0 Å². The van der Waals surface area contributed by atoms with Gasteiger partial charge in [-0.3, -0.25) is 0 Å². The van der Waals surface area contributed by atoms with Crippen molar-refractivity contribution in [2.24, 2.45) is 0 Å². The molecule has 51 heavy (non-hydrogen) atoms. The lowest BCUT2D eigenvalue weighted by molar-refractivity contribution is 0.668. The van der Waals surface area contributed by atoms with Crippen molar-refractivity contribution >= 4 is 65.6 Å². The van der Waals surface area contributed by atoms with Crippen LogP contribution in [0.3, 0.4) is 0 Å². The van der Waals surface area contributed by atoms with Gasteiger partial charge in [0.1, 0.15) is 11.2 Å². The lowest BCUT2D eigenvalue weighted by Crippen LogP contribution is -1.98. The van der Waals surface area contributed by atoms with Crippen LogP contribution in [0.2, 0.25) is 0 Å². The smallest absolute Gasteiger partial charge is 0.137 e. The lowest BCUT2D eigenvalue weighted by atomic mass is 9.99. The van der Waals surface area contributed by atoms with Crippen LogP contribution >= 0.6 is 0 Å². The van der Waals surface area contributed by atoms with E-state index in [0.29, 0.717) is 0 Å². The number of fused-ring (bicyclic) bond motifs is 10. The molecule has 0 aliphatic heterocycles. The highest BCUT2D eigenvalue weighted by molar-refractivity contribution is 6.24. The fourth-order valence-electron chi connectivity index (χ4n) is 8.28. The minimum absolute atomic E-state index is 0.876. The van der Waals surface area contributed by atoms with Gasteiger partial charge in [0.2, 0.25) is 0 Å². The minimum Gasteiger partial charge on any atom is -0.456 e. The number of hydrogen-bond donors (Lipinski definition) is 0. The number of hydrogen-bond acceptors (Lipinski definition) is 1. The molecule has 8 aromatic carbocycles. The lowest BCUT2D eigenvalue weighted by Gasteiger charge is -2.13. The average Bonchev–Trinajstić information content (AvgIpc) is 3.86. The molecule has 0 saturated heterocycles. The summed E-state index contributed by atoms with van der Waals surface area (Å²) in [5, 5.41) is 7.17. The van der Waals surface area contributed by atoms with Gasteiger partial charge in [0.25, 0.3) is 0 Å². The van der Waals surface area contributed by atoms with E-state index in [9.17, 15) is 0 Å². The quantitative estimate of drug-likeness (QED) is 0.186. The van der Waals surface area contributed by atoms with Crippen LogP contribution in [0.15, 0.2) is 186 Å². The van der Waals surface area contributed by atoms with Gasteiger partial charge >= 0.3 is 0 Å². The van der Waals surface area contributed by atoms with Crippen LogP contribution in [0.1, 0.15) is 0 Å². The summed E-state index contributed by atoms with van der Waals surface area (Å²) >= 11 is 0. The van der Waals surface area contributed by atoms with Crippen LogP contribution in [0.5, 0.6) is 0 Å². The Hall–Kier alpha value is -6.84. The van der Waals surface area contributed by atoms with E-state index in [1.807, 2.05) is 0 Å². The first kappa shape index (κ1) is 28.0. The molecule has 0 atom stereocenters. The normalized spacial score (nSPS) is 11.9. The van der Waals surface area contributed by atoms with Gasteiger partial charge in [0.05, 0.1) is 27.8 Å². The number of rotatable bonds is 4. The van der Waals surface area contributed by atoms with Crippen molar-refractivity contribution in [3.8, 4) is 33.6 Å². The third-order valence-electron chi connectivity index (χ3n) is 10.5. The Bertz CT molecular complexity index is 3110. The van der Waals surface area contributed by atoms with Crippen LogP contribution in [0.25, 0.3) is 99.2 Å². The fraction of sp³-hybridized carbons (Fsp3) is 0. The molecule has 0 amide bonds. The zero-order valence-electron chi connectivity index (χ0n) is 27.6. The van der Waals surface area contributed by atoms with Crippen molar-refractivity contribution in [1.29, 1.82) is 0 Å². The third kappa shape index (κ3) is 4.12. The van der Waals surface area contributed by atoms with Crippen LogP contribution in [-0.2, 0) is 0 Å². The monoisotopic (exact) mass is 650 g/mol. The van der Waals surface area contributed by atoms with Gasteiger partial charge in [-0.25, -0.2) is 0 Å². The summed E-state index contributed by atoms with van der Waals surface area (Å²) in [6.07, 6.45) is 0. The van der Waals surface area contributed by atoms with Gasteiger partial charge in [0.15, 0.2) is 0 Å². The summed E-state index contributed by atoms with van der Waals surface area (Å²) in [5.74, 6) is 0. The second-order valence-electron chi connectivity index (χ2n) is 13.3. The summed E-state index contributed by atoms with van der Waals surface area (Å²) < 4.78 is 11.5. The van der Waals surface area contributed by atoms with Crippen molar-refractivity contribution in [2.45, 2.75) is 0 Å².